The SMILES string of the molecule is COC(C(=O)NCc1cccc(CN2CCOC(C)C2)c1)c1ccccc1. The lowest BCUT2D eigenvalue weighted by atomic mass is 10.1. The van der Waals surface area contributed by atoms with Gasteiger partial charge in [-0.25, -0.2) is 0 Å². The van der Waals surface area contributed by atoms with Gasteiger partial charge in [-0.2, -0.15) is 0 Å². The predicted molar refractivity (Wildman–Crippen MR) is 105 cm³/mol. The van der Waals surface area contributed by atoms with Crippen molar-refractivity contribution in [3.8, 4) is 0 Å². The van der Waals surface area contributed by atoms with Crippen molar-refractivity contribution in [3.63, 3.8) is 0 Å². The number of amides is 1. The summed E-state index contributed by atoms with van der Waals surface area (Å²) in [6.45, 7) is 6.19. The molecule has 2 atom stereocenters. The Morgan fingerprint density at radius 2 is 2.00 bits per heavy atom. The van der Waals surface area contributed by atoms with Crippen LogP contribution in [0.4, 0.5) is 0 Å². The average Bonchev–Trinajstić information content (AvgIpc) is 2.68. The van der Waals surface area contributed by atoms with Crippen LogP contribution in [0, 0.1) is 0 Å². The third kappa shape index (κ3) is 5.63. The molecule has 2 aromatic rings. The van der Waals surface area contributed by atoms with E-state index in [1.807, 2.05) is 42.5 Å². The summed E-state index contributed by atoms with van der Waals surface area (Å²) >= 11 is 0. The minimum atomic E-state index is -0.593. The van der Waals surface area contributed by atoms with E-state index in [1.54, 1.807) is 7.11 Å². The van der Waals surface area contributed by atoms with Crippen LogP contribution in [0.15, 0.2) is 54.6 Å². The highest BCUT2D eigenvalue weighted by atomic mass is 16.5. The molecule has 2 aromatic carbocycles. The number of hydrogen-bond acceptors (Lipinski definition) is 4. The molecule has 1 aliphatic heterocycles. The number of ether oxygens (including phenoxy) is 2. The van der Waals surface area contributed by atoms with Crippen molar-refractivity contribution in [2.75, 3.05) is 26.8 Å². The van der Waals surface area contributed by atoms with Crippen LogP contribution in [0.5, 0.6) is 0 Å². The molecule has 5 nitrogen and oxygen atoms in total. The summed E-state index contributed by atoms with van der Waals surface area (Å²) < 4.78 is 11.0. The molecule has 1 heterocycles. The molecule has 1 saturated heterocycles. The fourth-order valence-corrected chi connectivity index (χ4v) is 3.43. The molecule has 1 amide bonds. The first-order valence-corrected chi connectivity index (χ1v) is 9.43. The van der Waals surface area contributed by atoms with Gasteiger partial charge in [-0.1, -0.05) is 54.6 Å². The van der Waals surface area contributed by atoms with Gasteiger partial charge in [0.05, 0.1) is 12.7 Å². The molecule has 0 bridgehead atoms. The maximum atomic E-state index is 12.5. The summed E-state index contributed by atoms with van der Waals surface area (Å²) in [5.74, 6) is -0.129. The Labute approximate surface area is 161 Å². The second-order valence-electron chi connectivity index (χ2n) is 6.98. The Morgan fingerprint density at radius 3 is 2.74 bits per heavy atom. The van der Waals surface area contributed by atoms with E-state index in [9.17, 15) is 4.79 Å². The molecule has 144 valence electrons. The van der Waals surface area contributed by atoms with Gasteiger partial charge in [0.15, 0.2) is 6.10 Å². The fourth-order valence-electron chi connectivity index (χ4n) is 3.43. The highest BCUT2D eigenvalue weighted by molar-refractivity contribution is 5.82. The van der Waals surface area contributed by atoms with Crippen LogP contribution in [0.3, 0.4) is 0 Å². The maximum Gasteiger partial charge on any atom is 0.254 e. The van der Waals surface area contributed by atoms with Crippen molar-refractivity contribution in [2.45, 2.75) is 32.2 Å². The second kappa shape index (κ2) is 9.65. The quantitative estimate of drug-likeness (QED) is 0.816. The average molecular weight is 368 g/mol. The van der Waals surface area contributed by atoms with Crippen molar-refractivity contribution >= 4 is 5.91 Å². The third-order valence-corrected chi connectivity index (χ3v) is 4.77. The number of morpholine rings is 1. The topological polar surface area (TPSA) is 50.8 Å². The molecule has 1 N–H and O–H groups in total. The van der Waals surface area contributed by atoms with Gasteiger partial charge in [0.2, 0.25) is 0 Å². The van der Waals surface area contributed by atoms with Gasteiger partial charge in [0.1, 0.15) is 0 Å². The monoisotopic (exact) mass is 368 g/mol. The molecule has 0 aromatic heterocycles. The van der Waals surface area contributed by atoms with Crippen LogP contribution < -0.4 is 5.32 Å². The van der Waals surface area contributed by atoms with Gasteiger partial charge >= 0.3 is 0 Å². The Morgan fingerprint density at radius 1 is 1.22 bits per heavy atom. The molecule has 0 radical (unpaired) electrons. The number of carbonyl (C=O) groups excluding carboxylic acids is 1. The molecule has 0 spiro atoms. The van der Waals surface area contributed by atoms with E-state index in [-0.39, 0.29) is 12.0 Å². The van der Waals surface area contributed by atoms with E-state index in [0.29, 0.717) is 6.54 Å². The first-order chi connectivity index (χ1) is 13.2. The van der Waals surface area contributed by atoms with Gasteiger partial charge in [0, 0.05) is 33.3 Å². The van der Waals surface area contributed by atoms with Gasteiger partial charge in [-0.05, 0) is 23.6 Å². The number of carbonyl (C=O) groups is 1. The summed E-state index contributed by atoms with van der Waals surface area (Å²) in [5, 5.41) is 2.99. The lowest BCUT2D eigenvalue weighted by Crippen LogP contribution is -2.40. The zero-order chi connectivity index (χ0) is 19.1. The second-order valence-corrected chi connectivity index (χ2v) is 6.98. The van der Waals surface area contributed by atoms with Gasteiger partial charge < -0.3 is 14.8 Å². The Hall–Kier alpha value is -2.21. The standard InChI is InChI=1S/C22H28N2O3/c1-17-15-24(11-12-27-17)16-19-8-6-7-18(13-19)14-23-22(25)21(26-2)20-9-4-3-5-10-20/h3-10,13,17,21H,11-12,14-16H2,1-2H3,(H,23,25). The van der Waals surface area contributed by atoms with E-state index in [2.05, 4.69) is 29.3 Å². The van der Waals surface area contributed by atoms with E-state index in [0.717, 1.165) is 37.4 Å². The van der Waals surface area contributed by atoms with Crippen LogP contribution in [-0.4, -0.2) is 43.7 Å². The van der Waals surface area contributed by atoms with Crippen molar-refractivity contribution < 1.29 is 14.3 Å². The lowest BCUT2D eigenvalue weighted by Gasteiger charge is -2.31. The van der Waals surface area contributed by atoms with E-state index < -0.39 is 6.10 Å². The van der Waals surface area contributed by atoms with E-state index in [4.69, 9.17) is 9.47 Å². The van der Waals surface area contributed by atoms with Crippen molar-refractivity contribution in [2.24, 2.45) is 0 Å². The molecule has 5 heteroatoms. The minimum absolute atomic E-state index is 0.129. The number of rotatable bonds is 7. The van der Waals surface area contributed by atoms with Crippen LogP contribution in [-0.2, 0) is 27.4 Å². The zero-order valence-electron chi connectivity index (χ0n) is 16.1. The van der Waals surface area contributed by atoms with Crippen LogP contribution in [0.1, 0.15) is 29.7 Å². The predicted octanol–water partition coefficient (Wildman–Crippen LogP) is 2.91. The molecular formula is C22H28N2O3. The number of hydrogen-bond donors (Lipinski definition) is 1. The van der Waals surface area contributed by atoms with Crippen LogP contribution >= 0.6 is 0 Å². The molecular weight excluding hydrogens is 340 g/mol. The highest BCUT2D eigenvalue weighted by Gasteiger charge is 2.19. The maximum absolute atomic E-state index is 12.5. The molecule has 1 aliphatic rings. The summed E-state index contributed by atoms with van der Waals surface area (Å²) in [6, 6.07) is 17.9. The van der Waals surface area contributed by atoms with Crippen LogP contribution in [0.2, 0.25) is 0 Å². The summed E-state index contributed by atoms with van der Waals surface area (Å²) in [6.07, 6.45) is -0.311. The summed E-state index contributed by atoms with van der Waals surface area (Å²) in [5.41, 5.74) is 3.19. The Bertz CT molecular complexity index is 735. The van der Waals surface area contributed by atoms with Crippen molar-refractivity contribution in [3.05, 3.63) is 71.3 Å². The molecule has 27 heavy (non-hydrogen) atoms. The van der Waals surface area contributed by atoms with Gasteiger partial charge in [-0.3, -0.25) is 9.69 Å². The Balaban J connectivity index is 1.57. The summed E-state index contributed by atoms with van der Waals surface area (Å²) in [7, 11) is 1.56. The van der Waals surface area contributed by atoms with Crippen molar-refractivity contribution in [1.29, 1.82) is 0 Å². The highest BCUT2D eigenvalue weighted by Crippen LogP contribution is 2.17. The molecule has 3 rings (SSSR count). The lowest BCUT2D eigenvalue weighted by molar-refractivity contribution is -0.131. The summed E-state index contributed by atoms with van der Waals surface area (Å²) in [4.78, 5) is 14.9. The molecule has 0 saturated carbocycles. The Kier molecular flexibility index (Phi) is 6.98. The van der Waals surface area contributed by atoms with E-state index in [1.165, 1.54) is 5.56 Å². The van der Waals surface area contributed by atoms with Gasteiger partial charge in [-0.15, -0.1) is 0 Å². The third-order valence-electron chi connectivity index (χ3n) is 4.77. The number of nitrogens with zero attached hydrogens (tertiary/aromatic N) is 1. The number of nitrogens with one attached hydrogen (secondary N) is 1. The number of benzene rings is 2. The largest absolute Gasteiger partial charge is 0.376 e. The molecule has 0 aliphatic carbocycles. The first-order valence-electron chi connectivity index (χ1n) is 9.43. The normalized spacial score (nSPS) is 18.8. The molecule has 1 fully saturated rings. The number of methoxy groups -OCH3 is 1. The molecule has 2 unspecified atom stereocenters. The van der Waals surface area contributed by atoms with Crippen LogP contribution in [0.25, 0.3) is 0 Å². The first kappa shape index (κ1) is 19.5. The van der Waals surface area contributed by atoms with Crippen molar-refractivity contribution in [1.82, 2.24) is 10.2 Å². The smallest absolute Gasteiger partial charge is 0.254 e. The minimum Gasteiger partial charge on any atom is -0.376 e. The fraction of sp³-hybridized carbons (Fsp3) is 0.409. The van der Waals surface area contributed by atoms with E-state index >= 15 is 0 Å². The zero-order valence-corrected chi connectivity index (χ0v) is 16.1. The van der Waals surface area contributed by atoms with Gasteiger partial charge in [0.25, 0.3) is 5.91 Å².